The van der Waals surface area contributed by atoms with Gasteiger partial charge in [-0.3, -0.25) is 9.59 Å². The molecule has 0 aliphatic carbocycles. The third kappa shape index (κ3) is 3.36. The smallest absolute Gasteiger partial charge is 0.253 e. The van der Waals surface area contributed by atoms with E-state index in [9.17, 15) is 9.59 Å². The van der Waals surface area contributed by atoms with Crippen molar-refractivity contribution in [1.82, 2.24) is 5.32 Å². The van der Waals surface area contributed by atoms with Crippen molar-refractivity contribution in [2.75, 3.05) is 18.5 Å². The van der Waals surface area contributed by atoms with Crippen molar-refractivity contribution < 1.29 is 14.3 Å². The van der Waals surface area contributed by atoms with E-state index in [0.29, 0.717) is 24.4 Å². The van der Waals surface area contributed by atoms with E-state index in [-0.39, 0.29) is 17.9 Å². The Morgan fingerprint density at radius 3 is 2.85 bits per heavy atom. The van der Waals surface area contributed by atoms with Crippen LogP contribution in [0.3, 0.4) is 0 Å². The summed E-state index contributed by atoms with van der Waals surface area (Å²) in [6, 6.07) is 5.28. The summed E-state index contributed by atoms with van der Waals surface area (Å²) in [7, 11) is 0. The molecule has 2 N–H and O–H groups in total. The van der Waals surface area contributed by atoms with Crippen LogP contribution in [0.4, 0.5) is 5.69 Å². The topological polar surface area (TPSA) is 67.4 Å². The number of amides is 2. The van der Waals surface area contributed by atoms with Crippen LogP contribution in [-0.2, 0) is 9.53 Å². The Hall–Kier alpha value is -1.88. The van der Waals surface area contributed by atoms with Gasteiger partial charge in [0.05, 0.1) is 0 Å². The molecule has 1 aliphatic rings. The Morgan fingerprint density at radius 1 is 1.40 bits per heavy atom. The first kappa shape index (κ1) is 14.5. The predicted octanol–water partition coefficient (Wildman–Crippen LogP) is 1.86. The largest absolute Gasteiger partial charge is 0.368 e. The van der Waals surface area contributed by atoms with Crippen molar-refractivity contribution in [2.24, 2.45) is 0 Å². The quantitative estimate of drug-likeness (QED) is 0.882. The molecule has 1 atom stereocenters. The molecule has 20 heavy (non-hydrogen) atoms. The zero-order valence-corrected chi connectivity index (χ0v) is 11.9. The Labute approximate surface area is 118 Å². The molecule has 5 nitrogen and oxygen atoms in total. The number of carbonyl (C=O) groups excluding carboxylic acids is 2. The summed E-state index contributed by atoms with van der Waals surface area (Å²) in [5.41, 5.74) is 2.12. The van der Waals surface area contributed by atoms with Gasteiger partial charge in [-0.25, -0.2) is 0 Å². The van der Waals surface area contributed by atoms with E-state index in [1.165, 1.54) is 0 Å². The van der Waals surface area contributed by atoms with E-state index in [1.807, 2.05) is 19.9 Å². The summed E-state index contributed by atoms with van der Waals surface area (Å²) in [6.45, 7) is 4.97. The Balaban J connectivity index is 2.11. The summed E-state index contributed by atoms with van der Waals surface area (Å²) in [4.78, 5) is 23.8. The van der Waals surface area contributed by atoms with E-state index >= 15 is 0 Å². The summed E-state index contributed by atoms with van der Waals surface area (Å²) in [5, 5.41) is 5.59. The van der Waals surface area contributed by atoms with Crippen LogP contribution in [0.1, 0.15) is 35.7 Å². The van der Waals surface area contributed by atoms with Crippen molar-refractivity contribution in [3.63, 3.8) is 0 Å². The normalized spacial score (nSPS) is 17.8. The number of nitrogens with one attached hydrogen (secondary N) is 2. The second kappa shape index (κ2) is 6.52. The molecule has 0 bridgehead atoms. The van der Waals surface area contributed by atoms with Crippen LogP contribution in [0.15, 0.2) is 18.2 Å². The average Bonchev–Trinajstić information content (AvgIpc) is 2.95. The SMILES string of the molecule is CCNC(=O)c1ccc(C)c(NC(=O)[C@H]2CCCO2)c1. The highest BCUT2D eigenvalue weighted by Gasteiger charge is 2.24. The molecule has 2 amide bonds. The molecule has 0 unspecified atom stereocenters. The number of rotatable bonds is 4. The highest BCUT2D eigenvalue weighted by atomic mass is 16.5. The summed E-state index contributed by atoms with van der Waals surface area (Å²) >= 11 is 0. The maximum Gasteiger partial charge on any atom is 0.253 e. The lowest BCUT2D eigenvalue weighted by Crippen LogP contribution is -2.27. The van der Waals surface area contributed by atoms with Gasteiger partial charge in [-0.1, -0.05) is 6.07 Å². The highest BCUT2D eigenvalue weighted by Crippen LogP contribution is 2.19. The van der Waals surface area contributed by atoms with Gasteiger partial charge in [-0.15, -0.1) is 0 Å². The van der Waals surface area contributed by atoms with Gasteiger partial charge in [0.15, 0.2) is 0 Å². The van der Waals surface area contributed by atoms with Crippen molar-refractivity contribution in [1.29, 1.82) is 0 Å². The Morgan fingerprint density at radius 2 is 2.20 bits per heavy atom. The number of ether oxygens (including phenoxy) is 1. The molecular formula is C15H20N2O3. The van der Waals surface area contributed by atoms with Gasteiger partial charge in [-0.2, -0.15) is 0 Å². The second-order valence-corrected chi connectivity index (χ2v) is 4.88. The average molecular weight is 276 g/mol. The molecule has 1 aliphatic heterocycles. The van der Waals surface area contributed by atoms with Gasteiger partial charge in [0.2, 0.25) is 0 Å². The zero-order valence-electron chi connectivity index (χ0n) is 11.9. The van der Waals surface area contributed by atoms with Gasteiger partial charge in [-0.05, 0) is 44.4 Å². The van der Waals surface area contributed by atoms with Gasteiger partial charge >= 0.3 is 0 Å². The number of hydrogen-bond acceptors (Lipinski definition) is 3. The van der Waals surface area contributed by atoms with Crippen molar-refractivity contribution in [3.05, 3.63) is 29.3 Å². The van der Waals surface area contributed by atoms with Crippen LogP contribution in [0.5, 0.6) is 0 Å². The standard InChI is InChI=1S/C15H20N2O3/c1-3-16-14(18)11-7-6-10(2)12(9-11)17-15(19)13-5-4-8-20-13/h6-7,9,13H,3-5,8H2,1-2H3,(H,16,18)(H,17,19)/t13-/m1/s1. The first-order valence-electron chi connectivity index (χ1n) is 6.93. The maximum absolute atomic E-state index is 12.0. The predicted molar refractivity (Wildman–Crippen MR) is 76.8 cm³/mol. The Bertz CT molecular complexity index is 508. The molecule has 1 aromatic carbocycles. The second-order valence-electron chi connectivity index (χ2n) is 4.88. The summed E-state index contributed by atoms with van der Waals surface area (Å²) < 4.78 is 5.35. The van der Waals surface area contributed by atoms with Gasteiger partial charge < -0.3 is 15.4 Å². The summed E-state index contributed by atoms with van der Waals surface area (Å²) in [5.74, 6) is -0.279. The molecule has 1 saturated heterocycles. The van der Waals surface area contributed by atoms with Crippen LogP contribution < -0.4 is 10.6 Å². The first-order valence-corrected chi connectivity index (χ1v) is 6.93. The van der Waals surface area contributed by atoms with Gasteiger partial charge in [0, 0.05) is 24.4 Å². The number of carbonyl (C=O) groups is 2. The van der Waals surface area contributed by atoms with Gasteiger partial charge in [0.25, 0.3) is 11.8 Å². The fourth-order valence-corrected chi connectivity index (χ4v) is 2.16. The molecule has 0 saturated carbocycles. The van der Waals surface area contributed by atoms with Crippen LogP contribution in [0.2, 0.25) is 0 Å². The molecule has 0 spiro atoms. The van der Waals surface area contributed by atoms with Crippen molar-refractivity contribution >= 4 is 17.5 Å². The molecule has 2 rings (SSSR count). The van der Waals surface area contributed by atoms with E-state index in [2.05, 4.69) is 10.6 Å². The Kier molecular flexibility index (Phi) is 4.74. The van der Waals surface area contributed by atoms with Crippen LogP contribution in [0, 0.1) is 6.92 Å². The molecule has 1 fully saturated rings. The van der Waals surface area contributed by atoms with E-state index in [4.69, 9.17) is 4.74 Å². The van der Waals surface area contributed by atoms with Crippen LogP contribution >= 0.6 is 0 Å². The van der Waals surface area contributed by atoms with Gasteiger partial charge in [0.1, 0.15) is 6.10 Å². The minimum atomic E-state index is -0.373. The zero-order chi connectivity index (χ0) is 14.5. The lowest BCUT2D eigenvalue weighted by atomic mass is 10.1. The van der Waals surface area contributed by atoms with Crippen LogP contribution in [0.25, 0.3) is 0 Å². The van der Waals surface area contributed by atoms with Crippen molar-refractivity contribution in [2.45, 2.75) is 32.8 Å². The molecular weight excluding hydrogens is 256 g/mol. The third-order valence-electron chi connectivity index (χ3n) is 3.32. The maximum atomic E-state index is 12.0. The molecule has 1 aromatic rings. The van der Waals surface area contributed by atoms with Crippen LogP contribution in [-0.4, -0.2) is 31.1 Å². The third-order valence-corrected chi connectivity index (χ3v) is 3.32. The summed E-state index contributed by atoms with van der Waals surface area (Å²) in [6.07, 6.45) is 1.29. The van der Waals surface area contributed by atoms with Crippen molar-refractivity contribution in [3.8, 4) is 0 Å². The number of aryl methyl sites for hydroxylation is 1. The lowest BCUT2D eigenvalue weighted by molar-refractivity contribution is -0.124. The number of anilines is 1. The minimum Gasteiger partial charge on any atom is -0.368 e. The lowest BCUT2D eigenvalue weighted by Gasteiger charge is -2.13. The molecule has 5 heteroatoms. The number of hydrogen-bond donors (Lipinski definition) is 2. The fourth-order valence-electron chi connectivity index (χ4n) is 2.16. The monoisotopic (exact) mass is 276 g/mol. The van der Waals surface area contributed by atoms with E-state index in [1.54, 1.807) is 12.1 Å². The molecule has 0 aromatic heterocycles. The molecule has 108 valence electrons. The van der Waals surface area contributed by atoms with E-state index in [0.717, 1.165) is 18.4 Å². The van der Waals surface area contributed by atoms with E-state index < -0.39 is 0 Å². The number of benzene rings is 1. The highest BCUT2D eigenvalue weighted by molar-refractivity contribution is 5.98. The molecule has 0 radical (unpaired) electrons. The molecule has 1 heterocycles. The minimum absolute atomic E-state index is 0.139. The fraction of sp³-hybridized carbons (Fsp3) is 0.467. The first-order chi connectivity index (χ1) is 9.61.